The minimum Gasteiger partial charge on any atom is -0.495 e. The van der Waals surface area contributed by atoms with Crippen LogP contribution in [0.5, 0.6) is 11.5 Å². The third-order valence-corrected chi connectivity index (χ3v) is 7.10. The molecule has 1 unspecified atom stereocenters. The molecule has 6 nitrogen and oxygen atoms in total. The molecular formula is C20H22ClNO5S. The van der Waals surface area contributed by atoms with Crippen LogP contribution in [0.4, 0.5) is 0 Å². The van der Waals surface area contributed by atoms with Gasteiger partial charge in [-0.05, 0) is 48.6 Å². The molecule has 0 fully saturated rings. The van der Waals surface area contributed by atoms with Crippen LogP contribution in [0.25, 0.3) is 0 Å². The Labute approximate surface area is 169 Å². The lowest BCUT2D eigenvalue weighted by molar-refractivity contribution is -0.125. The van der Waals surface area contributed by atoms with E-state index in [9.17, 15) is 13.2 Å². The van der Waals surface area contributed by atoms with Crippen molar-refractivity contribution in [3.05, 3.63) is 52.5 Å². The predicted octanol–water partition coefficient (Wildman–Crippen LogP) is 3.46. The van der Waals surface area contributed by atoms with Crippen molar-refractivity contribution >= 4 is 27.5 Å². The zero-order chi connectivity index (χ0) is 20.5. The van der Waals surface area contributed by atoms with E-state index in [2.05, 4.69) is 4.72 Å². The molecule has 0 radical (unpaired) electrons. The Morgan fingerprint density at radius 3 is 2.32 bits per heavy atom. The molecule has 1 amide bonds. The lowest BCUT2D eigenvalue weighted by atomic mass is 9.79. The van der Waals surface area contributed by atoms with Gasteiger partial charge in [0.05, 0.1) is 19.6 Å². The monoisotopic (exact) mass is 423 g/mol. The molecule has 3 rings (SSSR count). The van der Waals surface area contributed by atoms with Crippen molar-refractivity contribution in [2.45, 2.75) is 36.5 Å². The molecule has 28 heavy (non-hydrogen) atoms. The van der Waals surface area contributed by atoms with Gasteiger partial charge < -0.3 is 9.47 Å². The molecule has 0 heterocycles. The smallest absolute Gasteiger partial charge is 0.271 e. The number of methoxy groups -OCH3 is 2. The first-order valence-corrected chi connectivity index (χ1v) is 10.7. The van der Waals surface area contributed by atoms with E-state index in [0.29, 0.717) is 24.3 Å². The SMILES string of the molecule is CCC1(C(=O)NS(=O)(=O)c2c(OC)cccc2OC)CCc2c(Cl)cccc21. The van der Waals surface area contributed by atoms with Gasteiger partial charge in [0, 0.05) is 5.02 Å². The molecule has 150 valence electrons. The van der Waals surface area contributed by atoms with Gasteiger partial charge in [-0.3, -0.25) is 4.79 Å². The summed E-state index contributed by atoms with van der Waals surface area (Å²) in [6.45, 7) is 1.87. The maximum Gasteiger partial charge on any atom is 0.271 e. The molecule has 0 saturated heterocycles. The van der Waals surface area contributed by atoms with Gasteiger partial charge in [0.1, 0.15) is 11.5 Å². The molecule has 0 aromatic heterocycles. The zero-order valence-electron chi connectivity index (χ0n) is 15.9. The van der Waals surface area contributed by atoms with Crippen LogP contribution in [0.3, 0.4) is 0 Å². The molecule has 0 saturated carbocycles. The molecule has 1 N–H and O–H groups in total. The Kier molecular flexibility index (Phi) is 5.59. The summed E-state index contributed by atoms with van der Waals surface area (Å²) < 4.78 is 38.8. The fourth-order valence-corrected chi connectivity index (χ4v) is 5.49. The Morgan fingerprint density at radius 2 is 1.75 bits per heavy atom. The number of halogens is 1. The summed E-state index contributed by atoms with van der Waals surface area (Å²) in [5.74, 6) is -0.385. The topological polar surface area (TPSA) is 81.7 Å². The third-order valence-electron chi connectivity index (χ3n) is 5.35. The van der Waals surface area contributed by atoms with Crippen LogP contribution in [-0.2, 0) is 26.7 Å². The molecule has 1 aliphatic carbocycles. The van der Waals surface area contributed by atoms with Crippen LogP contribution in [0.2, 0.25) is 5.02 Å². The number of benzene rings is 2. The van der Waals surface area contributed by atoms with Gasteiger partial charge in [0.2, 0.25) is 5.91 Å². The Hall–Kier alpha value is -2.25. The molecule has 0 spiro atoms. The van der Waals surface area contributed by atoms with Crippen molar-refractivity contribution in [3.63, 3.8) is 0 Å². The minimum absolute atomic E-state index is 0.0973. The molecule has 1 aliphatic rings. The van der Waals surface area contributed by atoms with E-state index in [1.807, 2.05) is 13.0 Å². The highest BCUT2D eigenvalue weighted by Gasteiger charge is 2.46. The van der Waals surface area contributed by atoms with E-state index in [1.54, 1.807) is 18.2 Å². The standard InChI is InChI=1S/C20H22ClNO5S/c1-4-20(12-11-13-14(20)7-5-8-15(13)21)19(23)22-28(24,25)18-16(26-2)9-6-10-17(18)27-3/h5-10H,4,11-12H2,1-3H3,(H,22,23). The first-order valence-electron chi connectivity index (χ1n) is 8.87. The van der Waals surface area contributed by atoms with Crippen LogP contribution >= 0.6 is 11.6 Å². The Morgan fingerprint density at radius 1 is 1.14 bits per heavy atom. The number of hydrogen-bond acceptors (Lipinski definition) is 5. The molecule has 0 aliphatic heterocycles. The van der Waals surface area contributed by atoms with Crippen LogP contribution < -0.4 is 14.2 Å². The van der Waals surface area contributed by atoms with Gasteiger partial charge in [-0.1, -0.05) is 36.7 Å². The number of carbonyl (C=O) groups excluding carboxylic acids is 1. The molecule has 1 atom stereocenters. The van der Waals surface area contributed by atoms with Crippen LogP contribution in [0.1, 0.15) is 30.9 Å². The number of nitrogens with one attached hydrogen (secondary N) is 1. The highest BCUT2D eigenvalue weighted by molar-refractivity contribution is 7.90. The number of ether oxygens (including phenoxy) is 2. The van der Waals surface area contributed by atoms with Crippen LogP contribution in [0, 0.1) is 0 Å². The first kappa shape index (κ1) is 20.5. The average Bonchev–Trinajstić information content (AvgIpc) is 3.08. The van der Waals surface area contributed by atoms with Crippen molar-refractivity contribution in [3.8, 4) is 11.5 Å². The number of sulfonamides is 1. The maximum absolute atomic E-state index is 13.2. The molecular weight excluding hydrogens is 402 g/mol. The molecule has 2 aromatic rings. The van der Waals surface area contributed by atoms with E-state index in [-0.39, 0.29) is 16.4 Å². The van der Waals surface area contributed by atoms with Gasteiger partial charge in [-0.25, -0.2) is 13.1 Å². The second-order valence-corrected chi connectivity index (χ2v) is 8.65. The summed E-state index contributed by atoms with van der Waals surface area (Å²) in [4.78, 5) is 13.0. The fourth-order valence-electron chi connectivity index (χ4n) is 3.85. The first-order chi connectivity index (χ1) is 13.3. The minimum atomic E-state index is -4.23. The second kappa shape index (κ2) is 7.64. The number of rotatable bonds is 6. The molecule has 2 aromatic carbocycles. The van der Waals surface area contributed by atoms with E-state index in [1.165, 1.54) is 26.4 Å². The highest BCUT2D eigenvalue weighted by Crippen LogP contribution is 2.44. The quantitative estimate of drug-likeness (QED) is 0.769. The van der Waals surface area contributed by atoms with Gasteiger partial charge in [-0.2, -0.15) is 0 Å². The van der Waals surface area contributed by atoms with Crippen LogP contribution in [0.15, 0.2) is 41.3 Å². The van der Waals surface area contributed by atoms with Crippen molar-refractivity contribution in [2.24, 2.45) is 0 Å². The second-order valence-electron chi connectivity index (χ2n) is 6.63. The van der Waals surface area contributed by atoms with Crippen molar-refractivity contribution < 1.29 is 22.7 Å². The maximum atomic E-state index is 13.2. The van der Waals surface area contributed by atoms with Crippen LogP contribution in [-0.4, -0.2) is 28.5 Å². The van der Waals surface area contributed by atoms with Gasteiger partial charge in [0.15, 0.2) is 4.90 Å². The van der Waals surface area contributed by atoms with E-state index < -0.39 is 21.3 Å². The average molecular weight is 424 g/mol. The van der Waals surface area contributed by atoms with Gasteiger partial charge in [-0.15, -0.1) is 0 Å². The molecule has 8 heteroatoms. The van der Waals surface area contributed by atoms with E-state index >= 15 is 0 Å². The van der Waals surface area contributed by atoms with E-state index in [4.69, 9.17) is 21.1 Å². The predicted molar refractivity (Wildman–Crippen MR) is 107 cm³/mol. The summed E-state index contributed by atoms with van der Waals surface area (Å²) in [5.41, 5.74) is 0.721. The third kappa shape index (κ3) is 3.22. The van der Waals surface area contributed by atoms with Gasteiger partial charge in [0.25, 0.3) is 10.0 Å². The largest absolute Gasteiger partial charge is 0.495 e. The van der Waals surface area contributed by atoms with E-state index in [0.717, 1.165) is 11.1 Å². The summed E-state index contributed by atoms with van der Waals surface area (Å²) in [5, 5.41) is 0.592. The number of hydrogen-bond donors (Lipinski definition) is 1. The van der Waals surface area contributed by atoms with Gasteiger partial charge >= 0.3 is 0 Å². The summed E-state index contributed by atoms with van der Waals surface area (Å²) in [6, 6.07) is 10.0. The van der Waals surface area contributed by atoms with Crippen molar-refractivity contribution in [2.75, 3.05) is 14.2 Å². The number of carbonyl (C=O) groups is 1. The summed E-state index contributed by atoms with van der Waals surface area (Å²) in [7, 11) is -1.51. The highest BCUT2D eigenvalue weighted by atomic mass is 35.5. The van der Waals surface area contributed by atoms with Crippen molar-refractivity contribution in [1.82, 2.24) is 4.72 Å². The zero-order valence-corrected chi connectivity index (χ0v) is 17.5. The summed E-state index contributed by atoms with van der Waals surface area (Å²) in [6.07, 6.45) is 1.56. The fraction of sp³-hybridized carbons (Fsp3) is 0.350. The van der Waals surface area contributed by atoms with Crippen molar-refractivity contribution in [1.29, 1.82) is 0 Å². The lowest BCUT2D eigenvalue weighted by Gasteiger charge is -2.28. The Bertz CT molecular complexity index is 999. The summed E-state index contributed by atoms with van der Waals surface area (Å²) >= 11 is 6.28. The normalized spacial score (nSPS) is 18.4. The molecule has 0 bridgehead atoms. The lowest BCUT2D eigenvalue weighted by Crippen LogP contribution is -2.45. The number of fused-ring (bicyclic) bond motifs is 1. The number of amides is 1. The Balaban J connectivity index is 2.03.